The number of carbonyl (C=O) groups is 2. The minimum absolute atomic E-state index is 0.0789. The van der Waals surface area contributed by atoms with E-state index in [0.29, 0.717) is 37.6 Å². The minimum atomic E-state index is -0.954. The van der Waals surface area contributed by atoms with Gasteiger partial charge in [0.05, 0.1) is 18.1 Å². The van der Waals surface area contributed by atoms with Crippen molar-refractivity contribution >= 4 is 23.5 Å². The molecule has 0 bridgehead atoms. The van der Waals surface area contributed by atoms with Crippen molar-refractivity contribution in [2.75, 3.05) is 43.4 Å². The quantitative estimate of drug-likeness (QED) is 0.210. The second kappa shape index (κ2) is 14.9. The molecule has 0 fully saturated rings. The van der Waals surface area contributed by atoms with E-state index in [9.17, 15) is 14.7 Å². The van der Waals surface area contributed by atoms with E-state index in [4.69, 9.17) is 4.98 Å². The van der Waals surface area contributed by atoms with Crippen molar-refractivity contribution in [3.05, 3.63) is 60.3 Å². The molecule has 1 amide bonds. The van der Waals surface area contributed by atoms with Crippen LogP contribution in [0.4, 0.5) is 11.6 Å². The standard InChI is InChI=1S/C29H38N8O3/c1-21(38)32-15-18-37(16-3-2-6-24-8-7-23-5-4-12-33-28(23)34-24)17-11-25(29(39)40)35-27-20-31-19-26(36-27)22-9-13-30-14-10-22/h7-10,13-14,19-20,25H,2-6,11-12,15-18H2,1H3,(H,32,38)(H,33,34)(H,35,36)(H,39,40)/t25-/m0/s1. The van der Waals surface area contributed by atoms with Crippen LogP contribution in [0, 0.1) is 0 Å². The Kier molecular flexibility index (Phi) is 10.7. The fourth-order valence-corrected chi connectivity index (χ4v) is 4.72. The van der Waals surface area contributed by atoms with Gasteiger partial charge in [-0.25, -0.2) is 14.8 Å². The van der Waals surface area contributed by atoms with Crippen molar-refractivity contribution in [1.82, 2.24) is 30.2 Å². The number of carboxylic acid groups (broad SMARTS) is 1. The smallest absolute Gasteiger partial charge is 0.326 e. The highest BCUT2D eigenvalue weighted by Gasteiger charge is 2.20. The zero-order valence-corrected chi connectivity index (χ0v) is 23.0. The predicted molar refractivity (Wildman–Crippen MR) is 154 cm³/mol. The molecule has 0 saturated heterocycles. The van der Waals surface area contributed by atoms with Gasteiger partial charge in [-0.05, 0) is 68.8 Å². The molecule has 11 heteroatoms. The Balaban J connectivity index is 1.30. The van der Waals surface area contributed by atoms with Gasteiger partial charge in [-0.3, -0.25) is 14.8 Å². The number of carbonyl (C=O) groups excluding carboxylic acids is 1. The Morgan fingerprint density at radius 1 is 1.05 bits per heavy atom. The van der Waals surface area contributed by atoms with E-state index < -0.39 is 12.0 Å². The van der Waals surface area contributed by atoms with Crippen LogP contribution >= 0.6 is 0 Å². The number of aryl methyl sites for hydroxylation is 2. The molecule has 4 heterocycles. The third kappa shape index (κ3) is 8.98. The van der Waals surface area contributed by atoms with Gasteiger partial charge < -0.3 is 26.0 Å². The molecule has 0 aliphatic carbocycles. The molecule has 0 saturated carbocycles. The second-order valence-electron chi connectivity index (χ2n) is 9.97. The van der Waals surface area contributed by atoms with E-state index in [1.165, 1.54) is 18.7 Å². The lowest BCUT2D eigenvalue weighted by molar-refractivity contribution is -0.138. The largest absolute Gasteiger partial charge is 0.480 e. The van der Waals surface area contributed by atoms with Crippen molar-refractivity contribution in [3.8, 4) is 11.3 Å². The van der Waals surface area contributed by atoms with Gasteiger partial charge in [0.25, 0.3) is 0 Å². The first kappa shape index (κ1) is 28.9. The molecule has 1 aliphatic heterocycles. The number of carboxylic acids is 1. The van der Waals surface area contributed by atoms with Crippen LogP contribution in [0.15, 0.2) is 49.1 Å². The third-order valence-electron chi connectivity index (χ3n) is 6.88. The number of unbranched alkanes of at least 4 members (excludes halogenated alkanes) is 1. The highest BCUT2D eigenvalue weighted by atomic mass is 16.4. The van der Waals surface area contributed by atoms with E-state index in [1.807, 2.05) is 12.1 Å². The first-order valence-corrected chi connectivity index (χ1v) is 13.9. The Bertz CT molecular complexity index is 1260. The molecule has 1 aliphatic rings. The highest BCUT2D eigenvalue weighted by Crippen LogP contribution is 2.20. The molecular weight excluding hydrogens is 508 g/mol. The number of aromatic nitrogens is 4. The molecule has 3 aromatic heterocycles. The van der Waals surface area contributed by atoms with Gasteiger partial charge in [0.15, 0.2) is 0 Å². The van der Waals surface area contributed by atoms with Crippen molar-refractivity contribution < 1.29 is 14.7 Å². The summed E-state index contributed by atoms with van der Waals surface area (Å²) in [7, 11) is 0. The third-order valence-corrected chi connectivity index (χ3v) is 6.88. The first-order valence-electron chi connectivity index (χ1n) is 13.9. The van der Waals surface area contributed by atoms with Crippen molar-refractivity contribution in [3.63, 3.8) is 0 Å². The summed E-state index contributed by atoms with van der Waals surface area (Å²) in [6, 6.07) is 7.12. The number of aliphatic carboxylic acids is 1. The number of nitrogens with one attached hydrogen (secondary N) is 3. The lowest BCUT2D eigenvalue weighted by Gasteiger charge is -2.24. The minimum Gasteiger partial charge on any atom is -0.480 e. The van der Waals surface area contributed by atoms with Crippen LogP contribution in [0.2, 0.25) is 0 Å². The molecule has 40 heavy (non-hydrogen) atoms. The van der Waals surface area contributed by atoms with Gasteiger partial charge in [-0.2, -0.15) is 0 Å². The van der Waals surface area contributed by atoms with Crippen LogP contribution in [0.3, 0.4) is 0 Å². The van der Waals surface area contributed by atoms with Gasteiger partial charge in [0, 0.05) is 56.8 Å². The van der Waals surface area contributed by atoms with Crippen molar-refractivity contribution in [2.24, 2.45) is 0 Å². The van der Waals surface area contributed by atoms with Crippen LogP contribution in [-0.4, -0.2) is 80.6 Å². The molecule has 0 spiro atoms. The number of rotatable bonds is 15. The molecule has 11 nitrogen and oxygen atoms in total. The number of pyridine rings is 2. The van der Waals surface area contributed by atoms with Crippen LogP contribution < -0.4 is 16.0 Å². The molecule has 0 unspecified atom stereocenters. The summed E-state index contributed by atoms with van der Waals surface area (Å²) in [6.07, 6.45) is 11.9. The first-order chi connectivity index (χ1) is 19.5. The monoisotopic (exact) mass is 546 g/mol. The maximum absolute atomic E-state index is 12.1. The number of anilines is 2. The number of nitrogens with zero attached hydrogens (tertiary/aromatic N) is 5. The van der Waals surface area contributed by atoms with Crippen LogP contribution in [-0.2, 0) is 22.4 Å². The van der Waals surface area contributed by atoms with Gasteiger partial charge in [-0.1, -0.05) is 6.07 Å². The van der Waals surface area contributed by atoms with Crippen molar-refractivity contribution in [2.45, 2.75) is 51.5 Å². The van der Waals surface area contributed by atoms with E-state index >= 15 is 0 Å². The Morgan fingerprint density at radius 3 is 2.70 bits per heavy atom. The number of fused-ring (bicyclic) bond motifs is 1. The molecule has 0 aromatic carbocycles. The topological polar surface area (TPSA) is 145 Å². The van der Waals surface area contributed by atoms with Gasteiger partial charge in [0.2, 0.25) is 5.91 Å². The van der Waals surface area contributed by atoms with Crippen LogP contribution in [0.5, 0.6) is 0 Å². The van der Waals surface area contributed by atoms with E-state index in [2.05, 4.69) is 47.9 Å². The fourth-order valence-electron chi connectivity index (χ4n) is 4.72. The number of hydrogen-bond donors (Lipinski definition) is 4. The lowest BCUT2D eigenvalue weighted by Crippen LogP contribution is -2.39. The Hall–Kier alpha value is -4.12. The lowest BCUT2D eigenvalue weighted by atomic mass is 10.1. The predicted octanol–water partition coefficient (Wildman–Crippen LogP) is 3.01. The second-order valence-corrected chi connectivity index (χ2v) is 9.97. The summed E-state index contributed by atoms with van der Waals surface area (Å²) in [4.78, 5) is 43.2. The maximum Gasteiger partial charge on any atom is 0.326 e. The molecule has 212 valence electrons. The molecule has 1 atom stereocenters. The van der Waals surface area contributed by atoms with Crippen LogP contribution in [0.1, 0.15) is 43.9 Å². The van der Waals surface area contributed by atoms with E-state index in [-0.39, 0.29) is 5.91 Å². The molecule has 3 aromatic rings. The van der Waals surface area contributed by atoms with E-state index in [0.717, 1.165) is 62.3 Å². The molecule has 0 radical (unpaired) electrons. The zero-order valence-electron chi connectivity index (χ0n) is 23.0. The molecule has 4 N–H and O–H groups in total. The Morgan fingerprint density at radius 2 is 1.90 bits per heavy atom. The van der Waals surface area contributed by atoms with Crippen molar-refractivity contribution in [1.29, 1.82) is 0 Å². The average molecular weight is 547 g/mol. The number of hydrogen-bond acceptors (Lipinski definition) is 9. The van der Waals surface area contributed by atoms with Gasteiger partial charge >= 0.3 is 5.97 Å². The summed E-state index contributed by atoms with van der Waals surface area (Å²) in [5, 5.41) is 19.2. The summed E-state index contributed by atoms with van der Waals surface area (Å²) < 4.78 is 0. The summed E-state index contributed by atoms with van der Waals surface area (Å²) >= 11 is 0. The normalized spacial score (nSPS) is 13.2. The average Bonchev–Trinajstić information content (AvgIpc) is 2.97. The maximum atomic E-state index is 12.1. The van der Waals surface area contributed by atoms with E-state index in [1.54, 1.807) is 18.6 Å². The van der Waals surface area contributed by atoms with Gasteiger partial charge in [-0.15, -0.1) is 0 Å². The van der Waals surface area contributed by atoms with Gasteiger partial charge in [0.1, 0.15) is 17.7 Å². The number of amides is 1. The SMILES string of the molecule is CC(=O)NCCN(CCCCc1ccc2c(n1)NCCC2)CC[C@H](Nc1cncc(-c2ccncc2)n1)C(=O)O. The fraction of sp³-hybridized carbons (Fsp3) is 0.448. The highest BCUT2D eigenvalue weighted by molar-refractivity contribution is 5.77. The summed E-state index contributed by atoms with van der Waals surface area (Å²) in [6.45, 7) is 4.98. The molecular formula is C29H38N8O3. The molecule has 4 rings (SSSR count). The Labute approximate surface area is 234 Å². The van der Waals surface area contributed by atoms with Crippen LogP contribution in [0.25, 0.3) is 11.3 Å². The summed E-state index contributed by atoms with van der Waals surface area (Å²) in [5.41, 5.74) is 3.86. The zero-order chi connectivity index (χ0) is 28.2. The summed E-state index contributed by atoms with van der Waals surface area (Å²) in [5.74, 6) is 0.386.